The SMILES string of the molecule is C=C(C)C(=O)OCC(CN(C)C)c1ccc(CCC2CCC(C3CCC(CCCCC)CC3)CC2)cc1. The van der Waals surface area contributed by atoms with E-state index in [0.29, 0.717) is 12.2 Å². The van der Waals surface area contributed by atoms with Crippen molar-refractivity contribution in [3.8, 4) is 0 Å². The number of ether oxygens (including phenoxy) is 1. The Morgan fingerprint density at radius 1 is 0.919 bits per heavy atom. The van der Waals surface area contributed by atoms with Crippen molar-refractivity contribution < 1.29 is 9.53 Å². The second-order valence-corrected chi connectivity index (χ2v) is 12.7. The summed E-state index contributed by atoms with van der Waals surface area (Å²) < 4.78 is 5.49. The molecule has 2 aliphatic carbocycles. The van der Waals surface area contributed by atoms with Gasteiger partial charge < -0.3 is 9.64 Å². The van der Waals surface area contributed by atoms with E-state index >= 15 is 0 Å². The molecule has 0 heterocycles. The van der Waals surface area contributed by atoms with Crippen LogP contribution in [0.2, 0.25) is 0 Å². The highest BCUT2D eigenvalue weighted by Gasteiger charge is 2.30. The lowest BCUT2D eigenvalue weighted by atomic mass is 9.68. The number of carbonyl (C=O) groups is 1. The number of esters is 1. The van der Waals surface area contributed by atoms with Gasteiger partial charge in [0, 0.05) is 18.0 Å². The van der Waals surface area contributed by atoms with Crippen molar-refractivity contribution in [3.05, 3.63) is 47.5 Å². The number of benzene rings is 1. The molecule has 0 aliphatic heterocycles. The summed E-state index contributed by atoms with van der Waals surface area (Å²) in [5.74, 6) is 3.86. The summed E-state index contributed by atoms with van der Waals surface area (Å²) in [4.78, 5) is 14.0. The minimum atomic E-state index is -0.301. The van der Waals surface area contributed by atoms with Gasteiger partial charge in [0.25, 0.3) is 0 Å². The van der Waals surface area contributed by atoms with E-state index in [1.54, 1.807) is 6.92 Å². The van der Waals surface area contributed by atoms with Gasteiger partial charge in [-0.15, -0.1) is 0 Å². The zero-order chi connectivity index (χ0) is 26.6. The first-order valence-electron chi connectivity index (χ1n) is 15.4. The van der Waals surface area contributed by atoms with Crippen LogP contribution in [0.4, 0.5) is 0 Å². The molecule has 3 heteroatoms. The zero-order valence-corrected chi connectivity index (χ0v) is 24.5. The Kier molecular flexibility index (Phi) is 12.7. The molecule has 3 rings (SSSR count). The molecule has 0 spiro atoms. The Morgan fingerprint density at radius 2 is 1.49 bits per heavy atom. The topological polar surface area (TPSA) is 29.5 Å². The van der Waals surface area contributed by atoms with Gasteiger partial charge in [-0.25, -0.2) is 4.79 Å². The molecule has 0 radical (unpaired) electrons. The number of aryl methyl sites for hydroxylation is 1. The van der Waals surface area contributed by atoms with Crippen LogP contribution in [0, 0.1) is 23.7 Å². The van der Waals surface area contributed by atoms with Crippen LogP contribution in [0.3, 0.4) is 0 Å². The van der Waals surface area contributed by atoms with Crippen molar-refractivity contribution in [2.75, 3.05) is 27.2 Å². The smallest absolute Gasteiger partial charge is 0.333 e. The Bertz CT molecular complexity index is 798. The highest BCUT2D eigenvalue weighted by molar-refractivity contribution is 5.86. The Balaban J connectivity index is 1.38. The van der Waals surface area contributed by atoms with Crippen LogP contribution in [0.1, 0.15) is 114 Å². The summed E-state index contributed by atoms with van der Waals surface area (Å²) in [6.07, 6.45) is 20.1. The van der Waals surface area contributed by atoms with Crippen LogP contribution < -0.4 is 0 Å². The average molecular weight is 510 g/mol. The predicted octanol–water partition coefficient (Wildman–Crippen LogP) is 8.58. The van der Waals surface area contributed by atoms with Crippen molar-refractivity contribution >= 4 is 5.97 Å². The van der Waals surface area contributed by atoms with Crippen LogP contribution in [0.15, 0.2) is 36.4 Å². The lowest BCUT2D eigenvalue weighted by Gasteiger charge is -2.38. The van der Waals surface area contributed by atoms with Crippen molar-refractivity contribution in [1.82, 2.24) is 4.90 Å². The monoisotopic (exact) mass is 509 g/mol. The molecule has 2 aliphatic rings. The molecule has 0 aromatic heterocycles. The van der Waals surface area contributed by atoms with Crippen LogP contribution in [-0.2, 0) is 16.0 Å². The standard InChI is InChI=1S/C34H55NO2/c1-6-7-8-9-27-12-18-30(19-13-27)31-20-14-28(15-21-31)10-11-29-16-22-32(23-17-29)33(24-35(4)5)25-37-34(36)26(2)3/h16-17,22-23,27-28,30-31,33H,2,6-15,18-21,24-25H2,1,3-5H3. The maximum Gasteiger partial charge on any atom is 0.333 e. The summed E-state index contributed by atoms with van der Waals surface area (Å²) in [6.45, 7) is 8.96. The molecule has 2 saturated carbocycles. The van der Waals surface area contributed by atoms with Crippen molar-refractivity contribution in [3.63, 3.8) is 0 Å². The van der Waals surface area contributed by atoms with Crippen LogP contribution >= 0.6 is 0 Å². The van der Waals surface area contributed by atoms with E-state index in [9.17, 15) is 4.79 Å². The van der Waals surface area contributed by atoms with Gasteiger partial charge in [0.15, 0.2) is 0 Å². The maximum atomic E-state index is 11.9. The van der Waals surface area contributed by atoms with Crippen LogP contribution in [0.5, 0.6) is 0 Å². The maximum absolute atomic E-state index is 11.9. The second kappa shape index (κ2) is 15.7. The zero-order valence-electron chi connectivity index (χ0n) is 24.5. The van der Waals surface area contributed by atoms with Crippen molar-refractivity contribution in [1.29, 1.82) is 0 Å². The van der Waals surface area contributed by atoms with E-state index in [-0.39, 0.29) is 11.9 Å². The first-order chi connectivity index (χ1) is 17.9. The van der Waals surface area contributed by atoms with Gasteiger partial charge in [-0.05, 0) is 94.3 Å². The molecule has 37 heavy (non-hydrogen) atoms. The van der Waals surface area contributed by atoms with E-state index in [0.717, 1.165) is 30.2 Å². The molecule has 1 unspecified atom stereocenters. The lowest BCUT2D eigenvalue weighted by molar-refractivity contribution is -0.139. The van der Waals surface area contributed by atoms with Gasteiger partial charge in [-0.3, -0.25) is 0 Å². The van der Waals surface area contributed by atoms with E-state index in [4.69, 9.17) is 4.74 Å². The summed E-state index contributed by atoms with van der Waals surface area (Å²) in [6, 6.07) is 9.08. The fourth-order valence-corrected chi connectivity index (χ4v) is 6.90. The number of unbranched alkanes of at least 4 members (excludes halogenated alkanes) is 2. The second-order valence-electron chi connectivity index (χ2n) is 12.7. The molecule has 0 N–H and O–H groups in total. The number of nitrogens with zero attached hydrogens (tertiary/aromatic N) is 1. The number of carbonyl (C=O) groups excluding carboxylic acids is 1. The highest BCUT2D eigenvalue weighted by Crippen LogP contribution is 2.43. The van der Waals surface area contributed by atoms with Gasteiger partial charge >= 0.3 is 5.97 Å². The van der Waals surface area contributed by atoms with Crippen molar-refractivity contribution in [2.24, 2.45) is 23.7 Å². The molecule has 3 nitrogen and oxygen atoms in total. The number of likely N-dealkylation sites (N-methyl/N-ethyl adjacent to an activating group) is 1. The largest absolute Gasteiger partial charge is 0.462 e. The van der Waals surface area contributed by atoms with Gasteiger partial charge in [-0.2, -0.15) is 0 Å². The molecular weight excluding hydrogens is 454 g/mol. The van der Waals surface area contributed by atoms with Crippen molar-refractivity contribution in [2.45, 2.75) is 110 Å². The Morgan fingerprint density at radius 3 is 2.00 bits per heavy atom. The Hall–Kier alpha value is -1.61. The number of hydrogen-bond acceptors (Lipinski definition) is 3. The third-order valence-electron chi connectivity index (χ3n) is 9.31. The lowest BCUT2D eigenvalue weighted by Crippen LogP contribution is -2.26. The number of rotatable bonds is 14. The van der Waals surface area contributed by atoms with Gasteiger partial charge in [0.1, 0.15) is 0 Å². The summed E-state index contributed by atoms with van der Waals surface area (Å²) in [5.41, 5.74) is 3.14. The molecule has 0 bridgehead atoms. The molecule has 1 aromatic rings. The van der Waals surface area contributed by atoms with Crippen LogP contribution in [0.25, 0.3) is 0 Å². The molecule has 1 aromatic carbocycles. The predicted molar refractivity (Wildman–Crippen MR) is 157 cm³/mol. The third kappa shape index (κ3) is 10.2. The third-order valence-corrected chi connectivity index (χ3v) is 9.31. The van der Waals surface area contributed by atoms with E-state index in [2.05, 4.69) is 56.8 Å². The molecule has 0 amide bonds. The van der Waals surface area contributed by atoms with E-state index in [1.165, 1.54) is 101 Å². The van der Waals surface area contributed by atoms with Gasteiger partial charge in [0.2, 0.25) is 0 Å². The van der Waals surface area contributed by atoms with E-state index in [1.807, 2.05) is 0 Å². The summed E-state index contributed by atoms with van der Waals surface area (Å²) in [7, 11) is 4.13. The molecule has 0 saturated heterocycles. The van der Waals surface area contributed by atoms with Crippen LogP contribution in [-0.4, -0.2) is 38.1 Å². The molecule has 1 atom stereocenters. The van der Waals surface area contributed by atoms with E-state index < -0.39 is 0 Å². The summed E-state index contributed by atoms with van der Waals surface area (Å²) in [5, 5.41) is 0. The molecule has 2 fully saturated rings. The van der Waals surface area contributed by atoms with Gasteiger partial charge in [-0.1, -0.05) is 89.1 Å². The Labute approximate surface area is 228 Å². The summed E-state index contributed by atoms with van der Waals surface area (Å²) >= 11 is 0. The average Bonchev–Trinajstić information content (AvgIpc) is 2.90. The molecule has 208 valence electrons. The minimum Gasteiger partial charge on any atom is -0.462 e. The fourth-order valence-electron chi connectivity index (χ4n) is 6.90. The highest BCUT2D eigenvalue weighted by atomic mass is 16.5. The first kappa shape index (κ1) is 29.9. The number of hydrogen-bond donors (Lipinski definition) is 0. The fraction of sp³-hybridized carbons (Fsp3) is 0.735. The minimum absolute atomic E-state index is 0.175. The van der Waals surface area contributed by atoms with Gasteiger partial charge in [0.05, 0.1) is 6.61 Å². The normalized spacial score (nSPS) is 25.1. The first-order valence-corrected chi connectivity index (χ1v) is 15.4. The quantitative estimate of drug-likeness (QED) is 0.143. The molecular formula is C34H55NO2.